The van der Waals surface area contributed by atoms with Crippen molar-refractivity contribution >= 4 is 17.0 Å². The van der Waals surface area contributed by atoms with Gasteiger partial charge in [-0.15, -0.1) is 0 Å². The standard InChI is InChI=1S/C22H29N5O/c1-4-23-22(25-15-18-11-10-17(2)14-21(18)28-3)24-12-7-13-27-16-26-19-8-5-6-9-20(19)27/h5-6,8-11,14,16H,4,7,12-13,15H2,1-3H3,(H2,23,24,25). The molecule has 0 saturated carbocycles. The molecule has 0 bridgehead atoms. The highest BCUT2D eigenvalue weighted by atomic mass is 16.5. The van der Waals surface area contributed by atoms with Gasteiger partial charge in [0.2, 0.25) is 0 Å². The molecule has 3 rings (SSSR count). The summed E-state index contributed by atoms with van der Waals surface area (Å²) in [7, 11) is 1.70. The summed E-state index contributed by atoms with van der Waals surface area (Å²) in [5.74, 6) is 1.70. The van der Waals surface area contributed by atoms with Crippen molar-refractivity contribution in [2.75, 3.05) is 20.2 Å². The number of methoxy groups -OCH3 is 1. The monoisotopic (exact) mass is 379 g/mol. The number of hydrogen-bond acceptors (Lipinski definition) is 3. The van der Waals surface area contributed by atoms with Gasteiger partial charge in [-0.25, -0.2) is 9.98 Å². The van der Waals surface area contributed by atoms with Crippen LogP contribution in [0.1, 0.15) is 24.5 Å². The van der Waals surface area contributed by atoms with Crippen molar-refractivity contribution in [3.05, 3.63) is 59.9 Å². The van der Waals surface area contributed by atoms with Crippen LogP contribution in [0.15, 0.2) is 53.8 Å². The minimum Gasteiger partial charge on any atom is -0.496 e. The van der Waals surface area contributed by atoms with Gasteiger partial charge in [0, 0.05) is 25.2 Å². The van der Waals surface area contributed by atoms with Crippen molar-refractivity contribution in [1.29, 1.82) is 0 Å². The zero-order valence-corrected chi connectivity index (χ0v) is 16.9. The van der Waals surface area contributed by atoms with Crippen molar-refractivity contribution in [3.63, 3.8) is 0 Å². The van der Waals surface area contributed by atoms with Gasteiger partial charge in [0.15, 0.2) is 5.96 Å². The fourth-order valence-electron chi connectivity index (χ4n) is 3.13. The van der Waals surface area contributed by atoms with Crippen LogP contribution in [-0.2, 0) is 13.1 Å². The van der Waals surface area contributed by atoms with Crippen LogP contribution in [0.2, 0.25) is 0 Å². The first-order chi connectivity index (χ1) is 13.7. The third-order valence-electron chi connectivity index (χ3n) is 4.59. The van der Waals surface area contributed by atoms with E-state index in [1.807, 2.05) is 30.6 Å². The summed E-state index contributed by atoms with van der Waals surface area (Å²) in [4.78, 5) is 9.14. The van der Waals surface area contributed by atoms with Crippen LogP contribution in [0, 0.1) is 6.92 Å². The highest BCUT2D eigenvalue weighted by molar-refractivity contribution is 5.79. The number of imidazole rings is 1. The summed E-state index contributed by atoms with van der Waals surface area (Å²) in [6.45, 7) is 7.28. The molecule has 0 spiro atoms. The van der Waals surface area contributed by atoms with Crippen LogP contribution in [0.5, 0.6) is 5.75 Å². The number of aliphatic imine (C=N–C) groups is 1. The quantitative estimate of drug-likeness (QED) is 0.357. The van der Waals surface area contributed by atoms with Crippen molar-refractivity contribution in [2.45, 2.75) is 33.4 Å². The number of benzene rings is 2. The topological polar surface area (TPSA) is 63.5 Å². The Labute approximate surface area is 166 Å². The Morgan fingerprint density at radius 2 is 2.04 bits per heavy atom. The second-order valence-corrected chi connectivity index (χ2v) is 6.72. The van der Waals surface area contributed by atoms with E-state index in [1.165, 1.54) is 11.1 Å². The zero-order valence-electron chi connectivity index (χ0n) is 16.9. The Bertz CT molecular complexity index is 932. The molecule has 0 aliphatic heterocycles. The predicted octanol–water partition coefficient (Wildman–Crippen LogP) is 3.50. The van der Waals surface area contributed by atoms with Crippen molar-refractivity contribution in [2.24, 2.45) is 4.99 Å². The zero-order chi connectivity index (χ0) is 19.8. The Morgan fingerprint density at radius 3 is 2.86 bits per heavy atom. The van der Waals surface area contributed by atoms with Gasteiger partial charge in [-0.2, -0.15) is 0 Å². The number of rotatable bonds is 8. The van der Waals surface area contributed by atoms with Crippen LogP contribution >= 0.6 is 0 Å². The highest BCUT2D eigenvalue weighted by Crippen LogP contribution is 2.20. The minimum atomic E-state index is 0.574. The number of para-hydroxylation sites is 2. The lowest BCUT2D eigenvalue weighted by molar-refractivity contribution is 0.409. The average Bonchev–Trinajstić information content (AvgIpc) is 3.13. The maximum atomic E-state index is 5.47. The lowest BCUT2D eigenvalue weighted by Crippen LogP contribution is -2.38. The van der Waals surface area contributed by atoms with Crippen molar-refractivity contribution in [1.82, 2.24) is 20.2 Å². The number of fused-ring (bicyclic) bond motifs is 1. The summed E-state index contributed by atoms with van der Waals surface area (Å²) >= 11 is 0. The smallest absolute Gasteiger partial charge is 0.191 e. The van der Waals surface area contributed by atoms with Crippen LogP contribution in [0.3, 0.4) is 0 Å². The average molecular weight is 380 g/mol. The summed E-state index contributed by atoms with van der Waals surface area (Å²) in [5.41, 5.74) is 4.48. The molecule has 0 aliphatic carbocycles. The largest absolute Gasteiger partial charge is 0.496 e. The van der Waals surface area contributed by atoms with E-state index in [0.717, 1.165) is 48.8 Å². The van der Waals surface area contributed by atoms with Gasteiger partial charge >= 0.3 is 0 Å². The predicted molar refractivity (Wildman–Crippen MR) is 115 cm³/mol. The van der Waals surface area contributed by atoms with E-state index in [0.29, 0.717) is 6.54 Å². The molecule has 0 aliphatic rings. The molecule has 2 aromatic carbocycles. The fraction of sp³-hybridized carbons (Fsp3) is 0.364. The summed E-state index contributed by atoms with van der Waals surface area (Å²) in [6.07, 6.45) is 2.90. The van der Waals surface area contributed by atoms with E-state index in [4.69, 9.17) is 9.73 Å². The third-order valence-corrected chi connectivity index (χ3v) is 4.59. The molecule has 28 heavy (non-hydrogen) atoms. The molecule has 148 valence electrons. The fourth-order valence-corrected chi connectivity index (χ4v) is 3.13. The van der Waals surface area contributed by atoms with Gasteiger partial charge < -0.3 is 19.9 Å². The molecule has 0 saturated heterocycles. The van der Waals surface area contributed by atoms with Gasteiger partial charge in [0.1, 0.15) is 5.75 Å². The molecule has 3 aromatic rings. The van der Waals surface area contributed by atoms with Gasteiger partial charge in [-0.3, -0.25) is 0 Å². The first kappa shape index (κ1) is 19.7. The summed E-state index contributed by atoms with van der Waals surface area (Å²) in [5, 5.41) is 6.72. The lowest BCUT2D eigenvalue weighted by atomic mass is 10.1. The van der Waals surface area contributed by atoms with Crippen LogP contribution in [0.25, 0.3) is 11.0 Å². The van der Waals surface area contributed by atoms with Crippen LogP contribution in [-0.4, -0.2) is 35.7 Å². The Balaban J connectivity index is 1.55. The second kappa shape index (κ2) is 9.78. The molecule has 1 aromatic heterocycles. The maximum absolute atomic E-state index is 5.47. The van der Waals surface area contributed by atoms with E-state index in [1.54, 1.807) is 7.11 Å². The summed E-state index contributed by atoms with van der Waals surface area (Å²) in [6, 6.07) is 14.4. The number of guanidine groups is 1. The van der Waals surface area contributed by atoms with E-state index in [9.17, 15) is 0 Å². The molecule has 0 amide bonds. The number of aryl methyl sites for hydroxylation is 2. The third kappa shape index (κ3) is 5.03. The van der Waals surface area contributed by atoms with Crippen LogP contribution in [0.4, 0.5) is 0 Å². The Morgan fingerprint density at radius 1 is 1.18 bits per heavy atom. The molecule has 0 unspecified atom stereocenters. The normalized spacial score (nSPS) is 11.6. The van der Waals surface area contributed by atoms with Crippen molar-refractivity contribution < 1.29 is 4.74 Å². The molecular formula is C22H29N5O. The molecule has 1 heterocycles. The highest BCUT2D eigenvalue weighted by Gasteiger charge is 2.04. The van der Waals surface area contributed by atoms with Gasteiger partial charge in [-0.1, -0.05) is 24.3 Å². The second-order valence-electron chi connectivity index (χ2n) is 6.72. The molecule has 2 N–H and O–H groups in total. The van der Waals surface area contributed by atoms with Gasteiger partial charge in [-0.05, 0) is 44.0 Å². The molecule has 0 atom stereocenters. The maximum Gasteiger partial charge on any atom is 0.191 e. The lowest BCUT2D eigenvalue weighted by Gasteiger charge is -2.13. The van der Waals surface area contributed by atoms with Crippen LogP contribution < -0.4 is 15.4 Å². The van der Waals surface area contributed by atoms with E-state index in [2.05, 4.69) is 52.2 Å². The molecule has 6 nitrogen and oxygen atoms in total. The number of nitrogens with zero attached hydrogens (tertiary/aromatic N) is 3. The molecular weight excluding hydrogens is 350 g/mol. The number of hydrogen-bond donors (Lipinski definition) is 2. The number of nitrogens with one attached hydrogen (secondary N) is 2. The molecule has 0 radical (unpaired) electrons. The first-order valence-electron chi connectivity index (χ1n) is 9.77. The first-order valence-corrected chi connectivity index (χ1v) is 9.77. The molecule has 6 heteroatoms. The SMILES string of the molecule is CCNC(=NCc1ccc(C)cc1OC)NCCCn1cnc2ccccc21. The minimum absolute atomic E-state index is 0.574. The summed E-state index contributed by atoms with van der Waals surface area (Å²) < 4.78 is 7.67. The van der Waals surface area contributed by atoms with Gasteiger partial charge in [0.25, 0.3) is 0 Å². The van der Waals surface area contributed by atoms with E-state index >= 15 is 0 Å². The van der Waals surface area contributed by atoms with Gasteiger partial charge in [0.05, 0.1) is 31.0 Å². The van der Waals surface area contributed by atoms with E-state index in [-0.39, 0.29) is 0 Å². The Hall–Kier alpha value is -3.02. The van der Waals surface area contributed by atoms with Crippen molar-refractivity contribution in [3.8, 4) is 5.75 Å². The Kier molecular flexibility index (Phi) is 6.89. The number of ether oxygens (including phenoxy) is 1. The number of aromatic nitrogens is 2. The van der Waals surface area contributed by atoms with E-state index < -0.39 is 0 Å². The molecule has 0 fully saturated rings.